The van der Waals surface area contributed by atoms with Gasteiger partial charge in [-0.1, -0.05) is 12.2 Å². The maximum Gasteiger partial charge on any atom is 0.0788 e. The molecule has 5 heteroatoms. The van der Waals surface area contributed by atoms with Crippen LogP contribution in [0.1, 0.15) is 12.8 Å². The first-order valence-corrected chi connectivity index (χ1v) is 7.54. The Morgan fingerprint density at radius 3 is 1.55 bits per heavy atom. The molecule has 0 aromatic rings. The molecule has 0 radical (unpaired) electrons. The molecule has 0 saturated heterocycles. The summed E-state index contributed by atoms with van der Waals surface area (Å²) in [5, 5.41) is 22.7. The van der Waals surface area contributed by atoms with Gasteiger partial charge in [-0.2, -0.15) is 0 Å². The largest absolute Gasteiger partial charge is 0.390 e. The van der Waals surface area contributed by atoms with Crippen LogP contribution in [0.15, 0.2) is 25.3 Å². The standard InChI is InChI=1S/C15H32N4O/c1-3-7-16-9-5-11-18-13-15(20)14-19-12-6-10-17-8-4-2/h3-4,15-20H,1-2,5-14H2. The summed E-state index contributed by atoms with van der Waals surface area (Å²) in [4.78, 5) is 0. The topological polar surface area (TPSA) is 68.3 Å². The van der Waals surface area contributed by atoms with E-state index in [9.17, 15) is 5.11 Å². The van der Waals surface area contributed by atoms with Gasteiger partial charge in [0.05, 0.1) is 6.10 Å². The summed E-state index contributed by atoms with van der Waals surface area (Å²) in [5.41, 5.74) is 0. The smallest absolute Gasteiger partial charge is 0.0788 e. The minimum absolute atomic E-state index is 0.322. The lowest BCUT2D eigenvalue weighted by Crippen LogP contribution is -2.37. The Morgan fingerprint density at radius 2 is 1.15 bits per heavy atom. The van der Waals surface area contributed by atoms with Gasteiger partial charge in [-0.05, 0) is 39.0 Å². The summed E-state index contributed by atoms with van der Waals surface area (Å²) in [7, 11) is 0. The number of rotatable bonds is 16. The van der Waals surface area contributed by atoms with Crippen molar-refractivity contribution in [1.82, 2.24) is 21.3 Å². The van der Waals surface area contributed by atoms with E-state index >= 15 is 0 Å². The maximum atomic E-state index is 9.75. The Hall–Kier alpha value is -0.720. The zero-order chi connectivity index (χ0) is 14.9. The highest BCUT2D eigenvalue weighted by Gasteiger charge is 2.01. The van der Waals surface area contributed by atoms with E-state index in [1.54, 1.807) is 0 Å². The Kier molecular flexibility index (Phi) is 15.7. The summed E-state index contributed by atoms with van der Waals surface area (Å²) in [6.07, 6.45) is 5.51. The van der Waals surface area contributed by atoms with Crippen LogP contribution in [0.4, 0.5) is 0 Å². The van der Waals surface area contributed by atoms with Crippen molar-refractivity contribution in [2.45, 2.75) is 18.9 Å². The molecule has 0 bridgehead atoms. The van der Waals surface area contributed by atoms with Crippen molar-refractivity contribution in [1.29, 1.82) is 0 Å². The SMILES string of the molecule is C=CCNCCCNCC(O)CNCCCNCC=C. The lowest BCUT2D eigenvalue weighted by Gasteiger charge is -2.13. The molecule has 0 fully saturated rings. The van der Waals surface area contributed by atoms with E-state index < -0.39 is 0 Å². The van der Waals surface area contributed by atoms with Gasteiger partial charge in [-0.25, -0.2) is 0 Å². The fraction of sp³-hybridized carbons (Fsp3) is 0.733. The predicted molar refractivity (Wildman–Crippen MR) is 87.1 cm³/mol. The third-order valence-corrected chi connectivity index (χ3v) is 2.75. The van der Waals surface area contributed by atoms with Crippen molar-refractivity contribution in [3.05, 3.63) is 25.3 Å². The highest BCUT2D eigenvalue weighted by molar-refractivity contribution is 4.70. The molecule has 5 N–H and O–H groups in total. The van der Waals surface area contributed by atoms with E-state index in [1.165, 1.54) is 0 Å². The van der Waals surface area contributed by atoms with Gasteiger partial charge in [0, 0.05) is 26.2 Å². The zero-order valence-corrected chi connectivity index (χ0v) is 12.7. The molecule has 0 spiro atoms. The van der Waals surface area contributed by atoms with Crippen LogP contribution in [0.3, 0.4) is 0 Å². The molecule has 0 rings (SSSR count). The van der Waals surface area contributed by atoms with E-state index in [-0.39, 0.29) is 6.10 Å². The summed E-state index contributed by atoms with van der Waals surface area (Å²) >= 11 is 0. The highest BCUT2D eigenvalue weighted by Crippen LogP contribution is 1.81. The van der Waals surface area contributed by atoms with E-state index in [0.29, 0.717) is 13.1 Å². The average molecular weight is 284 g/mol. The minimum Gasteiger partial charge on any atom is -0.390 e. The van der Waals surface area contributed by atoms with Crippen molar-refractivity contribution in [3.8, 4) is 0 Å². The second-order valence-corrected chi connectivity index (χ2v) is 4.75. The third kappa shape index (κ3) is 15.3. The molecule has 0 unspecified atom stereocenters. The van der Waals surface area contributed by atoms with Gasteiger partial charge >= 0.3 is 0 Å². The van der Waals surface area contributed by atoms with E-state index in [1.807, 2.05) is 12.2 Å². The van der Waals surface area contributed by atoms with Gasteiger partial charge in [0.1, 0.15) is 0 Å². The van der Waals surface area contributed by atoms with Crippen molar-refractivity contribution in [2.75, 3.05) is 52.4 Å². The monoisotopic (exact) mass is 284 g/mol. The first kappa shape index (κ1) is 19.3. The van der Waals surface area contributed by atoms with Gasteiger partial charge in [-0.3, -0.25) is 0 Å². The van der Waals surface area contributed by atoms with Gasteiger partial charge in [-0.15, -0.1) is 13.2 Å². The lowest BCUT2D eigenvalue weighted by molar-refractivity contribution is 0.168. The van der Waals surface area contributed by atoms with Crippen molar-refractivity contribution >= 4 is 0 Å². The molecule has 0 aliphatic heterocycles. The molecule has 0 aromatic heterocycles. The molecule has 0 amide bonds. The summed E-state index contributed by atoms with van der Waals surface area (Å²) in [5.74, 6) is 0. The molecule has 0 saturated carbocycles. The van der Waals surface area contributed by atoms with Crippen LogP contribution in [0.5, 0.6) is 0 Å². The quantitative estimate of drug-likeness (QED) is 0.202. The van der Waals surface area contributed by atoms with Crippen LogP contribution in [0.2, 0.25) is 0 Å². The van der Waals surface area contributed by atoms with Crippen LogP contribution >= 0.6 is 0 Å². The molecule has 20 heavy (non-hydrogen) atoms. The molecule has 0 heterocycles. The summed E-state index contributed by atoms with van der Waals surface area (Å²) in [6, 6.07) is 0. The van der Waals surface area contributed by atoms with Gasteiger partial charge in [0.15, 0.2) is 0 Å². The number of hydrogen-bond donors (Lipinski definition) is 5. The summed E-state index contributed by atoms with van der Waals surface area (Å²) < 4.78 is 0. The first-order valence-electron chi connectivity index (χ1n) is 7.54. The Balaban J connectivity index is 3.14. The van der Waals surface area contributed by atoms with Crippen LogP contribution in [-0.4, -0.2) is 63.6 Å². The van der Waals surface area contributed by atoms with E-state index in [4.69, 9.17) is 0 Å². The number of aliphatic hydroxyl groups excluding tert-OH is 1. The molecule has 118 valence electrons. The molecule has 5 nitrogen and oxygen atoms in total. The number of hydrogen-bond acceptors (Lipinski definition) is 5. The van der Waals surface area contributed by atoms with Gasteiger partial charge in [0.2, 0.25) is 0 Å². The van der Waals surface area contributed by atoms with Crippen LogP contribution < -0.4 is 21.3 Å². The fourth-order valence-electron chi connectivity index (χ4n) is 1.69. The molecular formula is C15H32N4O. The van der Waals surface area contributed by atoms with E-state index in [2.05, 4.69) is 34.4 Å². The molecule has 0 aliphatic rings. The predicted octanol–water partition coefficient (Wildman–Crippen LogP) is -0.142. The third-order valence-electron chi connectivity index (χ3n) is 2.75. The minimum atomic E-state index is -0.322. The Morgan fingerprint density at radius 1 is 0.750 bits per heavy atom. The number of aliphatic hydroxyl groups is 1. The lowest BCUT2D eigenvalue weighted by atomic mass is 10.3. The Labute approximate surface area is 123 Å². The average Bonchev–Trinajstić information content (AvgIpc) is 2.45. The van der Waals surface area contributed by atoms with Crippen molar-refractivity contribution < 1.29 is 5.11 Å². The Bertz CT molecular complexity index is 202. The first-order chi connectivity index (χ1) is 9.81. The molecule has 0 atom stereocenters. The second-order valence-electron chi connectivity index (χ2n) is 4.75. The maximum absolute atomic E-state index is 9.75. The summed E-state index contributed by atoms with van der Waals surface area (Å²) in [6.45, 7) is 14.1. The van der Waals surface area contributed by atoms with E-state index in [0.717, 1.165) is 52.1 Å². The fourth-order valence-corrected chi connectivity index (χ4v) is 1.69. The number of nitrogens with one attached hydrogen (secondary N) is 4. The second kappa shape index (κ2) is 16.3. The molecule has 0 aromatic carbocycles. The van der Waals surface area contributed by atoms with Gasteiger partial charge < -0.3 is 26.4 Å². The molecule has 0 aliphatic carbocycles. The normalized spacial score (nSPS) is 10.9. The van der Waals surface area contributed by atoms with Crippen LogP contribution in [-0.2, 0) is 0 Å². The van der Waals surface area contributed by atoms with Crippen LogP contribution in [0.25, 0.3) is 0 Å². The van der Waals surface area contributed by atoms with Crippen molar-refractivity contribution in [2.24, 2.45) is 0 Å². The molecular weight excluding hydrogens is 252 g/mol. The van der Waals surface area contributed by atoms with Crippen LogP contribution in [0, 0.1) is 0 Å². The zero-order valence-electron chi connectivity index (χ0n) is 12.7. The van der Waals surface area contributed by atoms with Crippen molar-refractivity contribution in [3.63, 3.8) is 0 Å². The highest BCUT2D eigenvalue weighted by atomic mass is 16.3. The van der Waals surface area contributed by atoms with Gasteiger partial charge in [0.25, 0.3) is 0 Å².